The maximum atomic E-state index is 12.8. The molecule has 1 amide bonds. The van der Waals surface area contributed by atoms with Crippen molar-refractivity contribution >= 4 is 21.6 Å². The van der Waals surface area contributed by atoms with Crippen molar-refractivity contribution in [3.8, 4) is 5.75 Å². The van der Waals surface area contributed by atoms with Crippen LogP contribution >= 0.6 is 0 Å². The maximum absolute atomic E-state index is 12.8. The molecule has 0 bridgehead atoms. The largest absolute Gasteiger partial charge is 0.476 e. The van der Waals surface area contributed by atoms with Gasteiger partial charge in [0.1, 0.15) is 6.20 Å². The van der Waals surface area contributed by atoms with Gasteiger partial charge in [-0.3, -0.25) is 4.79 Å². The highest BCUT2D eigenvalue weighted by Gasteiger charge is 2.31. The normalized spacial score (nSPS) is 17.2. The number of rotatable bonds is 7. The first-order valence-corrected chi connectivity index (χ1v) is 10.0. The van der Waals surface area contributed by atoms with Crippen molar-refractivity contribution in [2.45, 2.75) is 12.6 Å². The molecule has 2 aromatic rings. The lowest BCUT2D eigenvalue weighted by Gasteiger charge is -2.27. The van der Waals surface area contributed by atoms with E-state index in [1.165, 1.54) is 29.3 Å². The van der Waals surface area contributed by atoms with Gasteiger partial charge in [-0.1, -0.05) is 30.3 Å². The van der Waals surface area contributed by atoms with E-state index in [0.717, 1.165) is 11.0 Å². The second kappa shape index (κ2) is 8.17. The van der Waals surface area contributed by atoms with E-state index in [-0.39, 0.29) is 18.0 Å². The molecule has 0 N–H and O–H groups in total. The Hall–Kier alpha value is -3.27. The second-order valence-corrected chi connectivity index (χ2v) is 8.03. The monoisotopic (exact) mass is 403 g/mol. The Morgan fingerprint density at radius 3 is 2.64 bits per heavy atom. The number of amides is 1. The third-order valence-electron chi connectivity index (χ3n) is 4.10. The van der Waals surface area contributed by atoms with E-state index in [0.29, 0.717) is 0 Å². The number of pyridine rings is 1. The predicted octanol–water partition coefficient (Wildman–Crippen LogP) is 1.71. The number of nitrogens with zero attached hydrogens (tertiary/aromatic N) is 3. The lowest BCUT2D eigenvalue weighted by molar-refractivity contribution is -0.390. The molecular formula is C18H17N3O6S. The molecule has 1 atom stereocenters. The van der Waals surface area contributed by atoms with Crippen LogP contribution < -0.4 is 4.74 Å². The summed E-state index contributed by atoms with van der Waals surface area (Å²) in [5.41, 5.74) is 0.820. The summed E-state index contributed by atoms with van der Waals surface area (Å²) >= 11 is 0. The minimum absolute atomic E-state index is 0.130. The van der Waals surface area contributed by atoms with Crippen molar-refractivity contribution < 1.29 is 22.9 Å². The van der Waals surface area contributed by atoms with Gasteiger partial charge in [-0.25, -0.2) is 8.42 Å². The number of carbonyl (C=O) groups is 1. The SMILES string of the molecule is O=C(COc1cccnc1[N+](=O)[O-])N(Cc1ccccc1)[C@H]1C=CS(=O)(=O)C1. The predicted molar refractivity (Wildman–Crippen MR) is 100 cm³/mol. The van der Waals surface area contributed by atoms with Gasteiger partial charge >= 0.3 is 5.82 Å². The summed E-state index contributed by atoms with van der Waals surface area (Å²) < 4.78 is 28.9. The molecule has 0 unspecified atom stereocenters. The van der Waals surface area contributed by atoms with Crippen LogP contribution in [0.1, 0.15) is 5.56 Å². The fourth-order valence-corrected chi connectivity index (χ4v) is 4.08. The molecule has 28 heavy (non-hydrogen) atoms. The van der Waals surface area contributed by atoms with Gasteiger partial charge in [-0.2, -0.15) is 0 Å². The van der Waals surface area contributed by atoms with Crippen LogP contribution in [0.4, 0.5) is 5.82 Å². The Morgan fingerprint density at radius 2 is 2.00 bits per heavy atom. The first-order chi connectivity index (χ1) is 13.4. The van der Waals surface area contributed by atoms with Gasteiger partial charge in [0.25, 0.3) is 5.91 Å². The summed E-state index contributed by atoms with van der Waals surface area (Å²) in [5, 5.41) is 12.1. The van der Waals surface area contributed by atoms with Crippen molar-refractivity contribution in [1.82, 2.24) is 9.88 Å². The number of nitro groups is 1. The number of ether oxygens (including phenoxy) is 1. The van der Waals surface area contributed by atoms with Crippen LogP contribution in [0, 0.1) is 10.1 Å². The minimum Gasteiger partial charge on any atom is -0.476 e. The van der Waals surface area contributed by atoms with Gasteiger partial charge in [-0.15, -0.1) is 0 Å². The average Bonchev–Trinajstić information content (AvgIpc) is 3.04. The quantitative estimate of drug-likeness (QED) is 0.510. The Labute approximate surface area is 161 Å². The number of hydrogen-bond donors (Lipinski definition) is 0. The van der Waals surface area contributed by atoms with Crippen molar-refractivity contribution in [3.05, 3.63) is 75.8 Å². The van der Waals surface area contributed by atoms with E-state index in [1.54, 1.807) is 0 Å². The van der Waals surface area contributed by atoms with Crippen LogP contribution in [0.15, 0.2) is 60.1 Å². The number of carbonyl (C=O) groups excluding carboxylic acids is 1. The molecule has 3 rings (SSSR count). The molecular weight excluding hydrogens is 386 g/mol. The van der Waals surface area contributed by atoms with Crippen LogP contribution in [-0.4, -0.2) is 47.5 Å². The zero-order valence-corrected chi connectivity index (χ0v) is 15.5. The van der Waals surface area contributed by atoms with E-state index in [4.69, 9.17) is 4.74 Å². The number of benzene rings is 1. The van der Waals surface area contributed by atoms with Crippen molar-refractivity contribution in [2.24, 2.45) is 0 Å². The fraction of sp³-hybridized carbons (Fsp3) is 0.222. The van der Waals surface area contributed by atoms with Crippen molar-refractivity contribution in [3.63, 3.8) is 0 Å². The number of hydrogen-bond acceptors (Lipinski definition) is 7. The molecule has 1 aromatic carbocycles. The third-order valence-corrected chi connectivity index (χ3v) is 5.48. The molecule has 1 aliphatic rings. The van der Waals surface area contributed by atoms with E-state index >= 15 is 0 Å². The van der Waals surface area contributed by atoms with E-state index in [1.807, 2.05) is 30.3 Å². The molecule has 0 saturated heterocycles. The van der Waals surface area contributed by atoms with E-state index in [9.17, 15) is 23.3 Å². The van der Waals surface area contributed by atoms with Crippen LogP contribution in [0.25, 0.3) is 0 Å². The summed E-state index contributed by atoms with van der Waals surface area (Å²) in [7, 11) is -3.37. The molecule has 10 heteroatoms. The fourth-order valence-electron chi connectivity index (χ4n) is 2.78. The van der Waals surface area contributed by atoms with Crippen LogP contribution in [0.5, 0.6) is 5.75 Å². The molecule has 0 fully saturated rings. The first-order valence-electron chi connectivity index (χ1n) is 8.32. The molecule has 9 nitrogen and oxygen atoms in total. The molecule has 0 aliphatic carbocycles. The molecule has 1 aromatic heterocycles. The number of aromatic nitrogens is 1. The molecule has 146 valence electrons. The van der Waals surface area contributed by atoms with E-state index < -0.39 is 39.1 Å². The summed E-state index contributed by atoms with van der Waals surface area (Å²) in [5.74, 6) is -1.32. The van der Waals surface area contributed by atoms with E-state index in [2.05, 4.69) is 4.98 Å². The lowest BCUT2D eigenvalue weighted by Crippen LogP contribution is -2.42. The highest BCUT2D eigenvalue weighted by Crippen LogP contribution is 2.23. The summed E-state index contributed by atoms with van der Waals surface area (Å²) in [6.07, 6.45) is 2.71. The summed E-state index contributed by atoms with van der Waals surface area (Å²) in [4.78, 5) is 28.1. The Kier molecular flexibility index (Phi) is 5.69. The van der Waals surface area contributed by atoms with Crippen LogP contribution in [0.3, 0.4) is 0 Å². The smallest absolute Gasteiger partial charge is 0.406 e. The third kappa shape index (κ3) is 4.71. The summed E-state index contributed by atoms with van der Waals surface area (Å²) in [6, 6.07) is 11.3. The topological polar surface area (TPSA) is 120 Å². The second-order valence-electron chi connectivity index (χ2n) is 6.10. The lowest BCUT2D eigenvalue weighted by atomic mass is 10.2. The molecule has 2 heterocycles. The van der Waals surface area contributed by atoms with Crippen LogP contribution in [-0.2, 0) is 21.2 Å². The maximum Gasteiger partial charge on any atom is 0.406 e. The molecule has 1 aliphatic heterocycles. The van der Waals surface area contributed by atoms with Crippen molar-refractivity contribution in [1.29, 1.82) is 0 Å². The van der Waals surface area contributed by atoms with Gasteiger partial charge in [-0.05, 0) is 33.7 Å². The first kappa shape index (κ1) is 19.5. The highest BCUT2D eigenvalue weighted by atomic mass is 32.2. The van der Waals surface area contributed by atoms with Gasteiger partial charge in [0.2, 0.25) is 5.75 Å². The average molecular weight is 403 g/mol. The Morgan fingerprint density at radius 1 is 1.25 bits per heavy atom. The molecule has 0 spiro atoms. The standard InChI is InChI=1S/C18H17N3O6S/c22-17(12-27-16-7-4-9-19-18(16)21(23)24)20(11-14-5-2-1-3-6-14)15-8-10-28(25,26)13-15/h1-10,15H,11-13H2/t15-/m0/s1. The summed E-state index contributed by atoms with van der Waals surface area (Å²) in [6.45, 7) is -0.299. The number of sulfone groups is 1. The zero-order valence-electron chi connectivity index (χ0n) is 14.7. The highest BCUT2D eigenvalue weighted by molar-refractivity contribution is 7.94. The minimum atomic E-state index is -3.37. The molecule has 0 radical (unpaired) electrons. The van der Waals surface area contributed by atoms with Gasteiger partial charge in [0.05, 0.1) is 11.8 Å². The Balaban J connectivity index is 1.77. The van der Waals surface area contributed by atoms with Crippen molar-refractivity contribution in [2.75, 3.05) is 12.4 Å². The Bertz CT molecular complexity index is 1010. The molecule has 0 saturated carbocycles. The van der Waals surface area contributed by atoms with Gasteiger partial charge in [0.15, 0.2) is 16.4 Å². The zero-order chi connectivity index (χ0) is 20.1. The van der Waals surface area contributed by atoms with Gasteiger partial charge in [0, 0.05) is 12.0 Å². The van der Waals surface area contributed by atoms with Gasteiger partial charge < -0.3 is 19.8 Å². The van der Waals surface area contributed by atoms with Crippen LogP contribution in [0.2, 0.25) is 0 Å².